The number of anilines is 1. The summed E-state index contributed by atoms with van der Waals surface area (Å²) in [6, 6.07) is 13.6. The van der Waals surface area contributed by atoms with Crippen LogP contribution in [0.4, 0.5) is 5.69 Å². The zero-order valence-electron chi connectivity index (χ0n) is 15.2. The Morgan fingerprint density at radius 1 is 1.27 bits per heavy atom. The minimum absolute atomic E-state index is 0.0138. The van der Waals surface area contributed by atoms with E-state index in [0.29, 0.717) is 26.1 Å². The SMILES string of the molecule is CN(CC(=O)NC[C@@H]1CC(=O)N(C)c2ccccc21)Cc1ccccn1. The van der Waals surface area contributed by atoms with Gasteiger partial charge in [-0.25, -0.2) is 0 Å². The third-order valence-corrected chi connectivity index (χ3v) is 4.65. The molecule has 6 heteroatoms. The highest BCUT2D eigenvalue weighted by Crippen LogP contribution is 2.34. The first-order valence-electron chi connectivity index (χ1n) is 8.75. The number of carbonyl (C=O) groups excluding carboxylic acids is 2. The number of amides is 2. The summed E-state index contributed by atoms with van der Waals surface area (Å²) in [7, 11) is 3.69. The Hall–Kier alpha value is -2.73. The number of aromatic nitrogens is 1. The lowest BCUT2D eigenvalue weighted by Gasteiger charge is -2.31. The Labute approximate surface area is 153 Å². The number of hydrogen-bond acceptors (Lipinski definition) is 4. The molecule has 0 fully saturated rings. The van der Waals surface area contributed by atoms with E-state index in [2.05, 4.69) is 10.3 Å². The summed E-state index contributed by atoms with van der Waals surface area (Å²) in [4.78, 5) is 32.3. The van der Waals surface area contributed by atoms with Gasteiger partial charge in [0.2, 0.25) is 11.8 Å². The molecular weight excluding hydrogens is 328 g/mol. The molecule has 6 nitrogen and oxygen atoms in total. The minimum Gasteiger partial charge on any atom is -0.354 e. The normalized spacial score (nSPS) is 16.5. The molecule has 136 valence electrons. The third kappa shape index (κ3) is 4.26. The second-order valence-corrected chi connectivity index (χ2v) is 6.71. The minimum atomic E-state index is -0.0488. The van der Waals surface area contributed by atoms with Crippen LogP contribution >= 0.6 is 0 Å². The van der Waals surface area contributed by atoms with Crippen LogP contribution in [0.25, 0.3) is 0 Å². The average Bonchev–Trinajstić information content (AvgIpc) is 2.64. The quantitative estimate of drug-likeness (QED) is 0.861. The zero-order valence-corrected chi connectivity index (χ0v) is 15.2. The Kier molecular flexibility index (Phi) is 5.63. The predicted molar refractivity (Wildman–Crippen MR) is 101 cm³/mol. The number of fused-ring (bicyclic) bond motifs is 1. The summed E-state index contributed by atoms with van der Waals surface area (Å²) < 4.78 is 0. The highest BCUT2D eigenvalue weighted by Gasteiger charge is 2.28. The van der Waals surface area contributed by atoms with Crippen LogP contribution in [-0.2, 0) is 16.1 Å². The summed E-state index contributed by atoms with van der Waals surface area (Å²) >= 11 is 0. The maximum absolute atomic E-state index is 12.3. The second kappa shape index (κ2) is 8.10. The van der Waals surface area contributed by atoms with Crippen molar-refractivity contribution in [2.75, 3.05) is 32.1 Å². The van der Waals surface area contributed by atoms with Gasteiger partial charge in [-0.05, 0) is 30.8 Å². The zero-order chi connectivity index (χ0) is 18.5. The van der Waals surface area contributed by atoms with Crippen LogP contribution in [0.2, 0.25) is 0 Å². The fourth-order valence-corrected chi connectivity index (χ4v) is 3.27. The molecule has 3 rings (SSSR count). The number of hydrogen-bond donors (Lipinski definition) is 1. The fourth-order valence-electron chi connectivity index (χ4n) is 3.27. The molecule has 26 heavy (non-hydrogen) atoms. The van der Waals surface area contributed by atoms with Gasteiger partial charge >= 0.3 is 0 Å². The van der Waals surface area contributed by atoms with Gasteiger partial charge in [0.05, 0.1) is 12.2 Å². The molecule has 1 atom stereocenters. The predicted octanol–water partition coefficient (Wildman–Crippen LogP) is 1.78. The van der Waals surface area contributed by atoms with Crippen molar-refractivity contribution in [2.45, 2.75) is 18.9 Å². The van der Waals surface area contributed by atoms with Gasteiger partial charge in [0.15, 0.2) is 0 Å². The molecule has 0 unspecified atom stereocenters. The molecule has 1 aliphatic rings. The van der Waals surface area contributed by atoms with Gasteiger partial charge in [0.1, 0.15) is 0 Å². The molecular formula is C20H24N4O2. The molecule has 0 saturated carbocycles. The van der Waals surface area contributed by atoms with Crippen LogP contribution in [0.1, 0.15) is 23.6 Å². The van der Waals surface area contributed by atoms with Crippen LogP contribution in [0.5, 0.6) is 0 Å². The number of nitrogens with one attached hydrogen (secondary N) is 1. The van der Waals surface area contributed by atoms with Crippen molar-refractivity contribution in [3.63, 3.8) is 0 Å². The third-order valence-electron chi connectivity index (χ3n) is 4.65. The topological polar surface area (TPSA) is 65.5 Å². The largest absolute Gasteiger partial charge is 0.354 e. The van der Waals surface area contributed by atoms with Crippen molar-refractivity contribution in [1.29, 1.82) is 0 Å². The number of pyridine rings is 1. The summed E-state index contributed by atoms with van der Waals surface area (Å²) in [5, 5.41) is 2.97. The second-order valence-electron chi connectivity index (χ2n) is 6.71. The van der Waals surface area contributed by atoms with Gasteiger partial charge in [-0.3, -0.25) is 19.5 Å². The first-order valence-corrected chi connectivity index (χ1v) is 8.75. The van der Waals surface area contributed by atoms with Crippen LogP contribution in [0.15, 0.2) is 48.7 Å². The van der Waals surface area contributed by atoms with E-state index in [0.717, 1.165) is 16.9 Å². The molecule has 1 aromatic heterocycles. The maximum Gasteiger partial charge on any atom is 0.234 e. The molecule has 1 aliphatic heterocycles. The summed E-state index contributed by atoms with van der Waals surface area (Å²) in [6.07, 6.45) is 2.16. The number of carbonyl (C=O) groups is 2. The molecule has 0 aliphatic carbocycles. The van der Waals surface area contributed by atoms with Gasteiger partial charge in [0, 0.05) is 44.4 Å². The highest BCUT2D eigenvalue weighted by molar-refractivity contribution is 5.96. The van der Waals surface area contributed by atoms with E-state index < -0.39 is 0 Å². The molecule has 0 bridgehead atoms. The van der Waals surface area contributed by atoms with Crippen molar-refractivity contribution >= 4 is 17.5 Å². The summed E-state index contributed by atoms with van der Waals surface area (Å²) in [5.74, 6) is 0.0439. The van der Waals surface area contributed by atoms with E-state index in [-0.39, 0.29) is 17.7 Å². The van der Waals surface area contributed by atoms with E-state index in [4.69, 9.17) is 0 Å². The number of nitrogens with zero attached hydrogens (tertiary/aromatic N) is 3. The number of para-hydroxylation sites is 1. The van der Waals surface area contributed by atoms with Crippen molar-refractivity contribution in [3.05, 3.63) is 59.9 Å². The lowest BCUT2D eigenvalue weighted by Crippen LogP contribution is -2.40. The standard InChI is InChI=1S/C20H24N4O2/c1-23(13-16-7-5-6-10-21-16)14-19(25)22-12-15-11-20(26)24(2)18-9-4-3-8-17(15)18/h3-10,15H,11-14H2,1-2H3,(H,22,25)/t15-/m0/s1. The average molecular weight is 352 g/mol. The lowest BCUT2D eigenvalue weighted by molar-refractivity contribution is -0.123. The number of rotatable bonds is 6. The van der Waals surface area contributed by atoms with E-state index in [1.807, 2.05) is 54.4 Å². The Balaban J connectivity index is 1.54. The monoisotopic (exact) mass is 352 g/mol. The fraction of sp³-hybridized carbons (Fsp3) is 0.350. The van der Waals surface area contributed by atoms with Gasteiger partial charge < -0.3 is 10.2 Å². The summed E-state index contributed by atoms with van der Waals surface area (Å²) in [6.45, 7) is 1.37. The van der Waals surface area contributed by atoms with Gasteiger partial charge in [0.25, 0.3) is 0 Å². The van der Waals surface area contributed by atoms with Crippen LogP contribution in [0, 0.1) is 0 Å². The van der Waals surface area contributed by atoms with Gasteiger partial charge in [-0.2, -0.15) is 0 Å². The van der Waals surface area contributed by atoms with E-state index in [1.165, 1.54) is 0 Å². The molecule has 1 aromatic carbocycles. The van der Waals surface area contributed by atoms with Crippen molar-refractivity contribution in [3.8, 4) is 0 Å². The molecule has 2 heterocycles. The Morgan fingerprint density at radius 2 is 2.04 bits per heavy atom. The Morgan fingerprint density at radius 3 is 2.81 bits per heavy atom. The molecule has 0 saturated heterocycles. The van der Waals surface area contributed by atoms with E-state index >= 15 is 0 Å². The van der Waals surface area contributed by atoms with Crippen LogP contribution in [0.3, 0.4) is 0 Å². The molecule has 0 radical (unpaired) electrons. The molecule has 2 amide bonds. The first-order chi connectivity index (χ1) is 12.5. The molecule has 1 N–H and O–H groups in total. The van der Waals surface area contributed by atoms with Gasteiger partial charge in [-0.1, -0.05) is 24.3 Å². The highest BCUT2D eigenvalue weighted by atomic mass is 16.2. The number of benzene rings is 1. The van der Waals surface area contributed by atoms with E-state index in [9.17, 15) is 9.59 Å². The smallest absolute Gasteiger partial charge is 0.234 e. The Bertz CT molecular complexity index is 778. The summed E-state index contributed by atoms with van der Waals surface area (Å²) in [5.41, 5.74) is 2.96. The van der Waals surface area contributed by atoms with E-state index in [1.54, 1.807) is 18.1 Å². The van der Waals surface area contributed by atoms with Crippen molar-refractivity contribution < 1.29 is 9.59 Å². The van der Waals surface area contributed by atoms with Crippen LogP contribution in [-0.4, -0.2) is 48.9 Å². The maximum atomic E-state index is 12.3. The molecule has 2 aromatic rings. The first kappa shape index (κ1) is 18.1. The van der Waals surface area contributed by atoms with Gasteiger partial charge in [-0.15, -0.1) is 0 Å². The van der Waals surface area contributed by atoms with Crippen LogP contribution < -0.4 is 10.2 Å². The van der Waals surface area contributed by atoms with Crippen molar-refractivity contribution in [2.24, 2.45) is 0 Å². The number of likely N-dealkylation sites (N-methyl/N-ethyl adjacent to an activating group) is 1. The lowest BCUT2D eigenvalue weighted by atomic mass is 9.89. The van der Waals surface area contributed by atoms with Crippen molar-refractivity contribution in [1.82, 2.24) is 15.2 Å². The molecule has 0 spiro atoms.